The van der Waals surface area contributed by atoms with Gasteiger partial charge in [0.15, 0.2) is 5.76 Å². The molecule has 16 nitrogen and oxygen atoms in total. The number of esters is 1. The highest BCUT2D eigenvalue weighted by atomic mass is 16.7. The Labute approximate surface area is 364 Å². The van der Waals surface area contributed by atoms with Gasteiger partial charge in [0.05, 0.1) is 49.4 Å². The summed E-state index contributed by atoms with van der Waals surface area (Å²) in [4.78, 5) is 96.6. The summed E-state index contributed by atoms with van der Waals surface area (Å²) >= 11 is 0. The molecule has 0 bridgehead atoms. The van der Waals surface area contributed by atoms with Gasteiger partial charge in [0, 0.05) is 5.56 Å². The van der Waals surface area contributed by atoms with Crippen molar-refractivity contribution in [3.05, 3.63) is 77.0 Å². The Morgan fingerprint density at radius 3 is 2.27 bits per heavy atom. The van der Waals surface area contributed by atoms with Crippen molar-refractivity contribution in [1.29, 1.82) is 0 Å². The topological polar surface area (TPSA) is 209 Å². The highest BCUT2D eigenvalue weighted by molar-refractivity contribution is 6.28. The molecule has 0 saturated heterocycles. The molecule has 3 N–H and O–H groups in total. The summed E-state index contributed by atoms with van der Waals surface area (Å²) in [5, 5.41) is 8.84. The van der Waals surface area contributed by atoms with Gasteiger partial charge in [0.1, 0.15) is 17.6 Å². The van der Waals surface area contributed by atoms with Crippen molar-refractivity contribution in [3.8, 4) is 17.1 Å². The molecule has 17 heteroatoms. The van der Waals surface area contributed by atoms with Crippen LogP contribution in [-0.4, -0.2) is 86.6 Å². The molecule has 0 aliphatic carbocycles. The molecule has 3 rings (SSSR count). The van der Waals surface area contributed by atoms with Gasteiger partial charge in [-0.3, -0.25) is 28.8 Å². The Bertz CT molecular complexity index is 1970. The quantitative estimate of drug-likeness (QED) is 0.0194. The second-order valence-corrected chi connectivity index (χ2v) is 14.8. The van der Waals surface area contributed by atoms with Crippen molar-refractivity contribution < 1.29 is 56.9 Å². The normalized spacial score (nSPS) is 12.3. The minimum absolute atomic E-state index is 0.0297. The predicted molar refractivity (Wildman–Crippen MR) is 232 cm³/mol. The van der Waals surface area contributed by atoms with E-state index >= 15 is 0 Å². The highest BCUT2D eigenvalue weighted by Gasteiger charge is 2.34. The molecule has 2 aromatic carbocycles. The van der Waals surface area contributed by atoms with Crippen LogP contribution < -0.4 is 20.7 Å². The Morgan fingerprint density at radius 1 is 0.871 bits per heavy atom. The average molecular weight is 861 g/mol. The third-order valence-corrected chi connectivity index (χ3v) is 9.92. The van der Waals surface area contributed by atoms with Crippen molar-refractivity contribution >= 4 is 49.5 Å². The summed E-state index contributed by atoms with van der Waals surface area (Å²) in [5.74, 6) is -4.26. The van der Waals surface area contributed by atoms with Crippen molar-refractivity contribution in [2.75, 3.05) is 19.9 Å². The van der Waals surface area contributed by atoms with Crippen LogP contribution in [0, 0.1) is 5.92 Å². The van der Waals surface area contributed by atoms with Gasteiger partial charge in [-0.15, -0.1) is 0 Å². The number of carbonyl (C=O) groups is 7. The van der Waals surface area contributed by atoms with Crippen LogP contribution in [0.25, 0.3) is 11.3 Å². The van der Waals surface area contributed by atoms with Crippen molar-refractivity contribution in [2.24, 2.45) is 5.92 Å². The maximum absolute atomic E-state index is 13.7. The molecule has 4 amide bonds. The van der Waals surface area contributed by atoms with E-state index in [-0.39, 0.29) is 56.1 Å². The van der Waals surface area contributed by atoms with Crippen LogP contribution in [-0.2, 0) is 33.4 Å². The summed E-state index contributed by atoms with van der Waals surface area (Å²) in [6.45, 7) is 13.1. The smallest absolute Gasteiger partial charge is 0.363 e. The summed E-state index contributed by atoms with van der Waals surface area (Å²) in [6.07, 6.45) is 4.61. The molecule has 0 unspecified atom stereocenters. The van der Waals surface area contributed by atoms with Crippen LogP contribution in [0.15, 0.2) is 59.0 Å². The van der Waals surface area contributed by atoms with E-state index in [4.69, 9.17) is 23.4 Å². The number of carbonyl (C=O) groups excluding carboxylic acids is 7. The third-order valence-electron chi connectivity index (χ3n) is 9.92. The van der Waals surface area contributed by atoms with Crippen LogP contribution in [0.4, 0.5) is 0 Å². The standard InChI is InChI=1S/C45H61BN4O12/c1-8-12-14-19-33(36(10-3)50(28-51)62-44(56)32-18-16-15-17-31(32)29(5)6)41(53)47-27-48-43(55)38-23-22-37(60-38)30-20-21-34(39(25-30)58-11-4)42(54)49-35(45(57)61-46-7)26-40(52)59-24-13-9-2/h15-18,20-23,25,28-29,33,35-36,46H,8-14,19,24,26-27H2,1-7H3,(H,47,53)(H,48,55)(H,49,54)/t33-,35+,36-/m1/s1. The van der Waals surface area contributed by atoms with Crippen LogP contribution >= 0.6 is 0 Å². The summed E-state index contributed by atoms with van der Waals surface area (Å²) in [7, 11) is 0.0439. The monoisotopic (exact) mass is 860 g/mol. The summed E-state index contributed by atoms with van der Waals surface area (Å²) in [6, 6.07) is 12.5. The average Bonchev–Trinajstić information content (AvgIpc) is 3.76. The lowest BCUT2D eigenvalue weighted by molar-refractivity contribution is -0.171. The lowest BCUT2D eigenvalue weighted by atomic mass is 9.90. The molecule has 1 heterocycles. The van der Waals surface area contributed by atoms with Crippen molar-refractivity contribution in [3.63, 3.8) is 0 Å². The first-order valence-corrected chi connectivity index (χ1v) is 21.4. The van der Waals surface area contributed by atoms with Gasteiger partial charge in [-0.2, -0.15) is 5.06 Å². The largest absolute Gasteiger partial charge is 0.539 e. The molecule has 336 valence electrons. The number of hydrogen-bond acceptors (Lipinski definition) is 12. The zero-order valence-electron chi connectivity index (χ0n) is 36.9. The first-order chi connectivity index (χ1) is 29.8. The first-order valence-electron chi connectivity index (χ1n) is 21.4. The van der Waals surface area contributed by atoms with Crippen LogP contribution in [0.5, 0.6) is 5.75 Å². The molecule has 0 aliphatic rings. The Hall–Kier alpha value is -6.13. The zero-order valence-corrected chi connectivity index (χ0v) is 36.9. The van der Waals surface area contributed by atoms with E-state index < -0.39 is 60.1 Å². The molecule has 3 aromatic rings. The fraction of sp³-hybridized carbons (Fsp3) is 0.489. The fourth-order valence-electron chi connectivity index (χ4n) is 6.66. The molecule has 62 heavy (non-hydrogen) atoms. The van der Waals surface area contributed by atoms with Gasteiger partial charge in [-0.25, -0.2) is 4.79 Å². The summed E-state index contributed by atoms with van der Waals surface area (Å²) < 4.78 is 21.9. The van der Waals surface area contributed by atoms with Crippen LogP contribution in [0.2, 0.25) is 6.82 Å². The van der Waals surface area contributed by atoms with Gasteiger partial charge in [-0.05, 0) is 68.0 Å². The van der Waals surface area contributed by atoms with Gasteiger partial charge < -0.3 is 39.3 Å². The van der Waals surface area contributed by atoms with Crippen LogP contribution in [0.3, 0.4) is 0 Å². The van der Waals surface area contributed by atoms with E-state index in [1.165, 1.54) is 12.1 Å². The number of rotatable bonds is 27. The lowest BCUT2D eigenvalue weighted by Crippen LogP contribution is -2.49. The predicted octanol–water partition coefficient (Wildman–Crippen LogP) is 6.25. The molecule has 0 aliphatic heterocycles. The molecular formula is C45H61BN4O12. The fourth-order valence-corrected chi connectivity index (χ4v) is 6.66. The highest BCUT2D eigenvalue weighted by Crippen LogP contribution is 2.30. The Balaban J connectivity index is 1.71. The number of hydroxylamine groups is 2. The first kappa shape index (κ1) is 50.2. The number of nitrogens with one attached hydrogen (secondary N) is 3. The Kier molecular flexibility index (Phi) is 21.3. The maximum Gasteiger partial charge on any atom is 0.363 e. The Morgan fingerprint density at radius 2 is 1.61 bits per heavy atom. The number of benzene rings is 2. The summed E-state index contributed by atoms with van der Waals surface area (Å²) in [5.41, 5.74) is 1.64. The van der Waals surface area contributed by atoms with E-state index in [1.54, 1.807) is 51.0 Å². The van der Waals surface area contributed by atoms with E-state index in [0.717, 1.165) is 29.9 Å². The maximum atomic E-state index is 13.7. The van der Waals surface area contributed by atoms with E-state index in [0.29, 0.717) is 43.2 Å². The molecule has 0 spiro atoms. The van der Waals surface area contributed by atoms with E-state index in [9.17, 15) is 33.6 Å². The SMILES string of the molecule is CBOC(=O)[C@H](CC(=O)OCCCC)NC(=O)c1ccc(-c2ccc(C(=O)NCNC(=O)[C@H](CCCCC)[C@@H](CC)N(C=O)OC(=O)c3ccccc3C(C)C)o2)cc1OCC. The van der Waals surface area contributed by atoms with E-state index in [1.807, 2.05) is 39.8 Å². The third kappa shape index (κ3) is 14.8. The number of hydrogen-bond donors (Lipinski definition) is 3. The molecule has 0 saturated carbocycles. The molecule has 3 atom stereocenters. The van der Waals surface area contributed by atoms with Gasteiger partial charge in [-0.1, -0.05) is 91.4 Å². The molecule has 1 aromatic heterocycles. The van der Waals surface area contributed by atoms with Gasteiger partial charge in [0.25, 0.3) is 11.8 Å². The minimum Gasteiger partial charge on any atom is -0.539 e. The molecule has 0 radical (unpaired) electrons. The number of ether oxygens (including phenoxy) is 2. The number of furan rings is 1. The number of amides is 4. The second kappa shape index (κ2) is 26.3. The van der Waals surface area contributed by atoms with E-state index in [2.05, 4.69) is 16.0 Å². The molecular weight excluding hydrogens is 799 g/mol. The second-order valence-electron chi connectivity index (χ2n) is 14.8. The van der Waals surface area contributed by atoms with Crippen molar-refractivity contribution in [2.45, 2.75) is 118 Å². The number of nitrogens with zero attached hydrogens (tertiary/aromatic N) is 1. The minimum atomic E-state index is -1.30. The van der Waals surface area contributed by atoms with Crippen molar-refractivity contribution in [1.82, 2.24) is 21.0 Å². The van der Waals surface area contributed by atoms with Gasteiger partial charge >= 0.3 is 25.4 Å². The molecule has 0 fully saturated rings. The number of unbranched alkanes of at least 4 members (excludes halogenated alkanes) is 3. The van der Waals surface area contributed by atoms with Crippen LogP contribution in [0.1, 0.15) is 136 Å². The van der Waals surface area contributed by atoms with Gasteiger partial charge in [0.2, 0.25) is 12.3 Å². The lowest BCUT2D eigenvalue weighted by Gasteiger charge is -2.32. The zero-order chi connectivity index (χ0) is 45.6.